The molecule has 0 bridgehead atoms. The van der Waals surface area contributed by atoms with Crippen LogP contribution < -0.4 is 5.48 Å². The highest BCUT2D eigenvalue weighted by atomic mass is 16.5. The van der Waals surface area contributed by atoms with Gasteiger partial charge in [-0.2, -0.15) is 0 Å². The summed E-state index contributed by atoms with van der Waals surface area (Å²) < 4.78 is 0. The van der Waals surface area contributed by atoms with Crippen LogP contribution in [0.2, 0.25) is 0 Å². The topological polar surface area (TPSA) is 62.3 Å². The van der Waals surface area contributed by atoms with Gasteiger partial charge in [-0.3, -0.25) is 29.6 Å². The Balaban J connectivity index is 0.00000186. The minimum atomic E-state index is -0.475. The molecule has 1 atom stereocenters. The van der Waals surface area contributed by atoms with Crippen LogP contribution in [0.1, 0.15) is 61.7 Å². The number of rotatable bonds is 8. The fourth-order valence-corrected chi connectivity index (χ4v) is 5.29. The van der Waals surface area contributed by atoms with Crippen molar-refractivity contribution in [3.05, 3.63) is 70.8 Å². The third-order valence-corrected chi connectivity index (χ3v) is 7.49. The first-order valence-corrected chi connectivity index (χ1v) is 14.0. The van der Waals surface area contributed by atoms with Crippen molar-refractivity contribution in [3.63, 3.8) is 0 Å². The van der Waals surface area contributed by atoms with Crippen LogP contribution in [0.3, 0.4) is 0 Å². The predicted octanol–water partition coefficient (Wildman–Crippen LogP) is 4.06. The maximum absolute atomic E-state index is 11.5. The molecule has 4 rings (SSSR count). The van der Waals surface area contributed by atoms with E-state index in [2.05, 4.69) is 64.6 Å². The second-order valence-electron chi connectivity index (χ2n) is 10.4. The molecule has 0 aliphatic carbocycles. The third kappa shape index (κ3) is 8.62. The van der Waals surface area contributed by atoms with Gasteiger partial charge in [0, 0.05) is 83.1 Å². The quantitative estimate of drug-likeness (QED) is 0.413. The molecule has 37 heavy (non-hydrogen) atoms. The Labute approximate surface area is 224 Å². The fourth-order valence-electron chi connectivity index (χ4n) is 5.29. The third-order valence-electron chi connectivity index (χ3n) is 7.49. The van der Waals surface area contributed by atoms with E-state index >= 15 is 0 Å². The summed E-state index contributed by atoms with van der Waals surface area (Å²) in [4.78, 5) is 21.7. The largest absolute Gasteiger partial charge is 0.298 e. The molecule has 2 aliphatic rings. The van der Waals surface area contributed by atoms with Crippen molar-refractivity contribution in [2.24, 2.45) is 0 Å². The highest BCUT2D eigenvalue weighted by Gasteiger charge is 2.24. The van der Waals surface area contributed by atoms with Crippen LogP contribution in [0.25, 0.3) is 0 Å². The minimum Gasteiger partial charge on any atom is -0.298 e. The first kappa shape index (κ1) is 29.3. The van der Waals surface area contributed by atoms with E-state index in [4.69, 9.17) is 5.21 Å². The first-order chi connectivity index (χ1) is 17.9. The molecule has 2 heterocycles. The van der Waals surface area contributed by atoms with Gasteiger partial charge in [-0.05, 0) is 49.6 Å². The van der Waals surface area contributed by atoms with Gasteiger partial charge in [0.1, 0.15) is 0 Å². The van der Waals surface area contributed by atoms with Gasteiger partial charge in [-0.15, -0.1) is 0 Å². The molecular weight excluding hydrogens is 462 g/mol. The van der Waals surface area contributed by atoms with Crippen LogP contribution in [0.4, 0.5) is 0 Å². The molecule has 7 heteroatoms. The summed E-state index contributed by atoms with van der Waals surface area (Å²) in [6, 6.07) is 17.7. The number of amides is 1. The molecule has 2 N–H and O–H groups in total. The van der Waals surface area contributed by atoms with Crippen molar-refractivity contribution in [2.45, 2.75) is 66.3 Å². The summed E-state index contributed by atoms with van der Waals surface area (Å²) in [5.41, 5.74) is 6.16. The molecule has 0 aromatic heterocycles. The average molecular weight is 510 g/mol. The zero-order valence-electron chi connectivity index (χ0n) is 23.5. The lowest BCUT2D eigenvalue weighted by Crippen LogP contribution is -2.50. The second kappa shape index (κ2) is 14.6. The van der Waals surface area contributed by atoms with Crippen molar-refractivity contribution in [1.82, 2.24) is 25.1 Å². The molecule has 0 saturated carbocycles. The normalized spacial score (nSPS) is 19.9. The predicted molar refractivity (Wildman–Crippen MR) is 151 cm³/mol. The highest BCUT2D eigenvalue weighted by molar-refractivity contribution is 5.93. The van der Waals surface area contributed by atoms with Crippen LogP contribution in [-0.4, -0.2) is 88.6 Å². The van der Waals surface area contributed by atoms with E-state index < -0.39 is 5.91 Å². The van der Waals surface area contributed by atoms with Crippen molar-refractivity contribution >= 4 is 5.91 Å². The van der Waals surface area contributed by atoms with Crippen LogP contribution >= 0.6 is 0 Å². The number of piperazine rings is 2. The van der Waals surface area contributed by atoms with Gasteiger partial charge in [0.15, 0.2) is 0 Å². The van der Waals surface area contributed by atoms with E-state index in [0.717, 1.165) is 52.4 Å². The molecule has 1 amide bonds. The smallest absolute Gasteiger partial charge is 0.274 e. The summed E-state index contributed by atoms with van der Waals surface area (Å²) in [6.07, 6.45) is 0. The van der Waals surface area contributed by atoms with Gasteiger partial charge >= 0.3 is 0 Å². The monoisotopic (exact) mass is 509 g/mol. The lowest BCUT2D eigenvalue weighted by Gasteiger charge is -2.40. The van der Waals surface area contributed by atoms with E-state index in [9.17, 15) is 4.79 Å². The lowest BCUT2D eigenvalue weighted by molar-refractivity contribution is 0.0705. The number of hydrogen-bond acceptors (Lipinski definition) is 6. The van der Waals surface area contributed by atoms with Gasteiger partial charge < -0.3 is 0 Å². The number of carbonyl (C=O) groups is 1. The standard InChI is InChI=1S/C28H41N5O2.C2H6/c1-22(2)32-14-11-30(12-15-32)20-25-5-4-6-26(17-25)21-33-16-13-31(18-23(33)3)19-24-7-9-27(10-8-24)28(34)29-35;1-2/h4-10,17,22-23,35H,11-16,18-21H2,1-3H3,(H,29,34);1-2H3. The molecule has 0 spiro atoms. The van der Waals surface area contributed by atoms with Crippen molar-refractivity contribution in [2.75, 3.05) is 45.8 Å². The van der Waals surface area contributed by atoms with E-state index in [1.54, 1.807) is 17.6 Å². The number of carbonyl (C=O) groups excluding carboxylic acids is 1. The van der Waals surface area contributed by atoms with Crippen molar-refractivity contribution in [3.8, 4) is 0 Å². The second-order valence-corrected chi connectivity index (χ2v) is 10.4. The number of nitrogens with zero attached hydrogens (tertiary/aromatic N) is 4. The Morgan fingerprint density at radius 2 is 1.46 bits per heavy atom. The molecular formula is C30H47N5O2. The molecule has 2 aromatic rings. The Morgan fingerprint density at radius 1 is 0.865 bits per heavy atom. The molecule has 2 saturated heterocycles. The first-order valence-electron chi connectivity index (χ1n) is 14.0. The molecule has 204 valence electrons. The van der Waals surface area contributed by atoms with E-state index in [1.165, 1.54) is 29.8 Å². The fraction of sp³-hybridized carbons (Fsp3) is 0.567. The minimum absolute atomic E-state index is 0.467. The zero-order valence-corrected chi connectivity index (χ0v) is 23.5. The van der Waals surface area contributed by atoms with Gasteiger partial charge in [0.25, 0.3) is 5.91 Å². The van der Waals surface area contributed by atoms with Gasteiger partial charge in [0.05, 0.1) is 0 Å². The SMILES string of the molecule is CC.CC(C)N1CCN(Cc2cccc(CN3CCN(Cc4ccc(C(=O)NO)cc4)CC3C)c2)CC1. The molecule has 2 aromatic carbocycles. The number of benzene rings is 2. The van der Waals surface area contributed by atoms with E-state index in [1.807, 2.05) is 26.0 Å². The lowest BCUT2D eigenvalue weighted by atomic mass is 10.1. The van der Waals surface area contributed by atoms with Gasteiger partial charge in [-0.25, -0.2) is 5.48 Å². The van der Waals surface area contributed by atoms with Crippen LogP contribution in [0.15, 0.2) is 48.5 Å². The Morgan fingerprint density at radius 3 is 2.05 bits per heavy atom. The highest BCUT2D eigenvalue weighted by Crippen LogP contribution is 2.18. The van der Waals surface area contributed by atoms with E-state index in [-0.39, 0.29) is 0 Å². The molecule has 2 aliphatic heterocycles. The summed E-state index contributed by atoms with van der Waals surface area (Å²) in [6.45, 7) is 21.6. The summed E-state index contributed by atoms with van der Waals surface area (Å²) >= 11 is 0. The summed E-state index contributed by atoms with van der Waals surface area (Å²) in [5, 5.41) is 8.78. The van der Waals surface area contributed by atoms with Crippen LogP contribution in [0.5, 0.6) is 0 Å². The maximum Gasteiger partial charge on any atom is 0.274 e. The van der Waals surface area contributed by atoms with Crippen LogP contribution in [-0.2, 0) is 19.6 Å². The van der Waals surface area contributed by atoms with Crippen molar-refractivity contribution < 1.29 is 10.0 Å². The van der Waals surface area contributed by atoms with Crippen molar-refractivity contribution in [1.29, 1.82) is 0 Å². The number of nitrogens with one attached hydrogen (secondary N) is 1. The zero-order chi connectivity index (χ0) is 26.8. The Kier molecular flexibility index (Phi) is 11.5. The van der Waals surface area contributed by atoms with Crippen LogP contribution in [0, 0.1) is 0 Å². The molecule has 1 unspecified atom stereocenters. The maximum atomic E-state index is 11.5. The van der Waals surface area contributed by atoms with E-state index in [0.29, 0.717) is 17.6 Å². The molecule has 7 nitrogen and oxygen atoms in total. The Hall–Kier alpha value is -2.29. The number of hydrogen-bond donors (Lipinski definition) is 2. The molecule has 2 fully saturated rings. The summed E-state index contributed by atoms with van der Waals surface area (Å²) in [7, 11) is 0. The van der Waals surface area contributed by atoms with Gasteiger partial charge in [-0.1, -0.05) is 50.2 Å². The Bertz CT molecular complexity index is 957. The summed E-state index contributed by atoms with van der Waals surface area (Å²) in [5.74, 6) is -0.475. The average Bonchev–Trinajstić information content (AvgIpc) is 2.92. The van der Waals surface area contributed by atoms with Gasteiger partial charge in [0.2, 0.25) is 0 Å². The molecule has 0 radical (unpaired) electrons. The number of hydroxylamine groups is 1.